The molecule has 0 saturated carbocycles. The van der Waals surface area contributed by atoms with Gasteiger partial charge in [0.1, 0.15) is 5.82 Å². The van der Waals surface area contributed by atoms with E-state index < -0.39 is 44.0 Å². The Labute approximate surface area is 105 Å². The second kappa shape index (κ2) is 4.80. The molecule has 1 aromatic rings. The van der Waals surface area contributed by atoms with E-state index in [1.54, 1.807) is 0 Å². The predicted molar refractivity (Wildman–Crippen MR) is 56.2 cm³/mol. The van der Waals surface area contributed by atoms with Crippen molar-refractivity contribution in [1.29, 1.82) is 0 Å². The molecule has 1 aromatic carbocycles. The zero-order valence-electron chi connectivity index (χ0n) is 9.45. The van der Waals surface area contributed by atoms with Crippen LogP contribution in [0.4, 0.5) is 17.6 Å². The molecule has 0 aliphatic carbocycles. The highest BCUT2D eigenvalue weighted by molar-refractivity contribution is 7.91. The highest BCUT2D eigenvalue weighted by atomic mass is 32.2. The van der Waals surface area contributed by atoms with Crippen molar-refractivity contribution < 1.29 is 35.9 Å². The molecule has 0 unspecified atom stereocenters. The molecule has 0 aromatic heterocycles. The van der Waals surface area contributed by atoms with Crippen molar-refractivity contribution in [2.24, 2.45) is 0 Å². The molecule has 0 aliphatic heterocycles. The molecule has 19 heavy (non-hydrogen) atoms. The summed E-state index contributed by atoms with van der Waals surface area (Å²) in [5.74, 6) is -5.08. The average Bonchev–Trinajstić information content (AvgIpc) is 2.17. The molecule has 0 aliphatic rings. The number of carbonyl (C=O) groups is 1. The summed E-state index contributed by atoms with van der Waals surface area (Å²) in [5, 5.41) is 8.66. The van der Waals surface area contributed by atoms with E-state index in [0.29, 0.717) is 12.1 Å². The monoisotopic (exact) mass is 300 g/mol. The van der Waals surface area contributed by atoms with Crippen LogP contribution in [0.25, 0.3) is 0 Å². The molecule has 0 fully saturated rings. The molecule has 0 saturated heterocycles. The van der Waals surface area contributed by atoms with Gasteiger partial charge in [-0.25, -0.2) is 17.6 Å². The van der Waals surface area contributed by atoms with E-state index in [1.165, 1.54) is 0 Å². The van der Waals surface area contributed by atoms with E-state index in [4.69, 9.17) is 5.11 Å². The first-order chi connectivity index (χ1) is 8.44. The molecule has 0 spiro atoms. The number of aromatic carboxylic acids is 1. The van der Waals surface area contributed by atoms with Gasteiger partial charge in [0.15, 0.2) is 15.6 Å². The summed E-state index contributed by atoms with van der Waals surface area (Å²) >= 11 is 0. The van der Waals surface area contributed by atoms with Crippen LogP contribution in [-0.4, -0.2) is 31.4 Å². The number of rotatable bonds is 3. The van der Waals surface area contributed by atoms with Gasteiger partial charge in [-0.3, -0.25) is 0 Å². The topological polar surface area (TPSA) is 71.4 Å². The number of sulfone groups is 1. The first-order valence-electron chi connectivity index (χ1n) is 4.77. The van der Waals surface area contributed by atoms with Crippen LogP contribution < -0.4 is 0 Å². The normalized spacial score (nSPS) is 12.5. The minimum Gasteiger partial charge on any atom is -0.478 e. The van der Waals surface area contributed by atoms with Gasteiger partial charge < -0.3 is 5.11 Å². The quantitative estimate of drug-likeness (QED) is 0.686. The summed E-state index contributed by atoms with van der Waals surface area (Å²) < 4.78 is 72.6. The number of benzene rings is 1. The van der Waals surface area contributed by atoms with Crippen molar-refractivity contribution in [1.82, 2.24) is 0 Å². The van der Waals surface area contributed by atoms with Gasteiger partial charge >= 0.3 is 12.1 Å². The fourth-order valence-electron chi connectivity index (χ4n) is 1.37. The number of hydrogen-bond acceptors (Lipinski definition) is 3. The van der Waals surface area contributed by atoms with E-state index in [0.717, 1.165) is 6.92 Å². The van der Waals surface area contributed by atoms with Gasteiger partial charge in [0, 0.05) is 0 Å². The second-order valence-corrected chi connectivity index (χ2v) is 5.77. The summed E-state index contributed by atoms with van der Waals surface area (Å²) in [6.07, 6.45) is -4.97. The maximum Gasteiger partial charge on any atom is 0.403 e. The predicted octanol–water partition coefficient (Wildman–Crippen LogP) is 2.17. The molecule has 0 atom stereocenters. The Morgan fingerprint density at radius 1 is 1.32 bits per heavy atom. The lowest BCUT2D eigenvalue weighted by Crippen LogP contribution is -2.23. The van der Waals surface area contributed by atoms with Crippen LogP contribution >= 0.6 is 0 Å². The van der Waals surface area contributed by atoms with Crippen molar-refractivity contribution >= 4 is 15.8 Å². The minimum atomic E-state index is -4.97. The fourth-order valence-corrected chi connectivity index (χ4v) is 2.62. The molecule has 0 radical (unpaired) electrons. The minimum absolute atomic E-state index is 0.361. The van der Waals surface area contributed by atoms with Gasteiger partial charge in [0.05, 0.1) is 10.5 Å². The second-order valence-electron chi connectivity index (χ2n) is 3.78. The molecule has 0 heterocycles. The third kappa shape index (κ3) is 3.66. The Balaban J connectivity index is 3.41. The molecule has 0 bridgehead atoms. The number of carboxylic acid groups (broad SMARTS) is 1. The molecular weight excluding hydrogens is 292 g/mol. The van der Waals surface area contributed by atoms with Crippen molar-refractivity contribution in [3.63, 3.8) is 0 Å². The summed E-state index contributed by atoms with van der Waals surface area (Å²) in [6.45, 7) is 1.06. The SMILES string of the molecule is Cc1cc(S(=O)(=O)CC(F)(F)F)cc(C(=O)O)c1F. The van der Waals surface area contributed by atoms with E-state index in [2.05, 4.69) is 0 Å². The van der Waals surface area contributed by atoms with E-state index in [-0.39, 0.29) is 5.56 Å². The standard InChI is InChI=1S/C10H8F4O4S/c1-5-2-6(3-7(8(5)11)9(15)16)19(17,18)4-10(12,13)14/h2-3H,4H2,1H3,(H,15,16). The van der Waals surface area contributed by atoms with E-state index >= 15 is 0 Å². The Morgan fingerprint density at radius 2 is 1.84 bits per heavy atom. The lowest BCUT2D eigenvalue weighted by Gasteiger charge is -2.10. The van der Waals surface area contributed by atoms with Gasteiger partial charge in [-0.05, 0) is 24.6 Å². The summed E-state index contributed by atoms with van der Waals surface area (Å²) in [4.78, 5) is 9.81. The van der Waals surface area contributed by atoms with Crippen LogP contribution in [0.2, 0.25) is 0 Å². The van der Waals surface area contributed by atoms with E-state index in [1.807, 2.05) is 0 Å². The molecule has 0 amide bonds. The van der Waals surface area contributed by atoms with Crippen LogP contribution in [0.1, 0.15) is 15.9 Å². The number of carboxylic acids is 1. The highest BCUT2D eigenvalue weighted by Crippen LogP contribution is 2.25. The summed E-state index contributed by atoms with van der Waals surface area (Å²) in [7, 11) is -4.77. The van der Waals surface area contributed by atoms with Crippen molar-refractivity contribution in [2.75, 3.05) is 5.75 Å². The zero-order valence-corrected chi connectivity index (χ0v) is 10.3. The van der Waals surface area contributed by atoms with Crippen LogP contribution in [0.15, 0.2) is 17.0 Å². The van der Waals surface area contributed by atoms with E-state index in [9.17, 15) is 30.8 Å². The van der Waals surface area contributed by atoms with Gasteiger partial charge in [0.2, 0.25) is 0 Å². The van der Waals surface area contributed by atoms with Gasteiger partial charge in [-0.15, -0.1) is 0 Å². The third-order valence-electron chi connectivity index (χ3n) is 2.17. The number of halogens is 4. The van der Waals surface area contributed by atoms with Crippen LogP contribution in [0, 0.1) is 12.7 Å². The maximum absolute atomic E-state index is 13.4. The number of aryl methyl sites for hydroxylation is 1. The molecular formula is C10H8F4O4S. The Bertz CT molecular complexity index is 619. The smallest absolute Gasteiger partial charge is 0.403 e. The lowest BCUT2D eigenvalue weighted by molar-refractivity contribution is -0.106. The average molecular weight is 300 g/mol. The molecule has 9 heteroatoms. The lowest BCUT2D eigenvalue weighted by atomic mass is 10.1. The fraction of sp³-hybridized carbons (Fsp3) is 0.300. The van der Waals surface area contributed by atoms with Crippen LogP contribution in [-0.2, 0) is 9.84 Å². The first-order valence-corrected chi connectivity index (χ1v) is 6.42. The van der Waals surface area contributed by atoms with Crippen LogP contribution in [0.3, 0.4) is 0 Å². The largest absolute Gasteiger partial charge is 0.478 e. The molecule has 1 N–H and O–H groups in total. The van der Waals surface area contributed by atoms with Gasteiger partial charge in [0.25, 0.3) is 0 Å². The van der Waals surface area contributed by atoms with Crippen molar-refractivity contribution in [3.8, 4) is 0 Å². The molecule has 106 valence electrons. The van der Waals surface area contributed by atoms with Gasteiger partial charge in [-0.1, -0.05) is 0 Å². The molecule has 4 nitrogen and oxygen atoms in total. The zero-order chi connectivity index (χ0) is 15.0. The highest BCUT2D eigenvalue weighted by Gasteiger charge is 2.36. The first kappa shape index (κ1) is 15.4. The Morgan fingerprint density at radius 3 is 2.26 bits per heavy atom. The Kier molecular flexibility index (Phi) is 3.89. The molecule has 1 rings (SSSR count). The van der Waals surface area contributed by atoms with Crippen molar-refractivity contribution in [3.05, 3.63) is 29.1 Å². The number of hydrogen-bond donors (Lipinski definition) is 1. The summed E-state index contributed by atoms with van der Waals surface area (Å²) in [6, 6.07) is 1.05. The van der Waals surface area contributed by atoms with Crippen molar-refractivity contribution in [2.45, 2.75) is 18.0 Å². The number of alkyl halides is 3. The summed E-state index contributed by atoms with van der Waals surface area (Å²) in [5.41, 5.74) is -1.35. The van der Waals surface area contributed by atoms with Crippen LogP contribution in [0.5, 0.6) is 0 Å². The maximum atomic E-state index is 13.4. The van der Waals surface area contributed by atoms with Gasteiger partial charge in [-0.2, -0.15) is 13.2 Å². The Hall–Kier alpha value is -1.64. The third-order valence-corrected chi connectivity index (χ3v) is 3.83.